The van der Waals surface area contributed by atoms with E-state index < -0.39 is 0 Å². The predicted octanol–water partition coefficient (Wildman–Crippen LogP) is 1.36. The molecule has 0 amide bonds. The molecule has 0 saturated carbocycles. The summed E-state index contributed by atoms with van der Waals surface area (Å²) in [5, 5.41) is 11.9. The molecule has 0 aliphatic carbocycles. The maximum Gasteiger partial charge on any atom is 0.163 e. The third-order valence-corrected chi connectivity index (χ3v) is 3.74. The van der Waals surface area contributed by atoms with E-state index in [1.54, 1.807) is 0 Å². The molecule has 96 valence electrons. The van der Waals surface area contributed by atoms with Crippen LogP contribution in [-0.4, -0.2) is 32.7 Å². The second-order valence-electron chi connectivity index (χ2n) is 5.11. The lowest BCUT2D eigenvalue weighted by molar-refractivity contribution is 0.352. The van der Waals surface area contributed by atoms with E-state index in [0.717, 1.165) is 42.6 Å². The van der Waals surface area contributed by atoms with Crippen LogP contribution in [-0.2, 0) is 6.42 Å². The molecule has 3 rings (SSSR count). The van der Waals surface area contributed by atoms with Crippen molar-refractivity contribution in [3.8, 4) is 0 Å². The summed E-state index contributed by atoms with van der Waals surface area (Å²) in [6.45, 7) is 4.29. The van der Waals surface area contributed by atoms with Crippen molar-refractivity contribution in [3.63, 3.8) is 0 Å². The van der Waals surface area contributed by atoms with Gasteiger partial charge in [0.25, 0.3) is 0 Å². The first kappa shape index (κ1) is 11.6. The van der Waals surface area contributed by atoms with E-state index in [0.29, 0.717) is 0 Å². The highest BCUT2D eigenvalue weighted by Gasteiger charge is 2.14. The number of nitrogens with zero attached hydrogens (tertiary/aromatic N) is 4. The van der Waals surface area contributed by atoms with Gasteiger partial charge in [-0.1, -0.05) is 0 Å². The lowest BCUT2D eigenvalue weighted by Gasteiger charge is -2.21. The smallest absolute Gasteiger partial charge is 0.163 e. The molecule has 1 aliphatic heterocycles. The number of piperidine rings is 1. The summed E-state index contributed by atoms with van der Waals surface area (Å²) < 4.78 is 2.01. The van der Waals surface area contributed by atoms with Crippen molar-refractivity contribution in [2.45, 2.75) is 32.6 Å². The summed E-state index contributed by atoms with van der Waals surface area (Å²) in [6, 6.07) is 1.97. The van der Waals surface area contributed by atoms with Gasteiger partial charge in [0.05, 0.1) is 0 Å². The van der Waals surface area contributed by atoms with Gasteiger partial charge in [-0.25, -0.2) is 4.98 Å². The molecule has 1 N–H and O–H groups in total. The largest absolute Gasteiger partial charge is 0.317 e. The van der Waals surface area contributed by atoms with Crippen molar-refractivity contribution in [2.24, 2.45) is 5.92 Å². The standard InChI is InChI=1S/C13H19N5/c1-10-8-13-17-16-12(18(13)9-15-10)3-2-11-4-6-14-7-5-11/h8-9,11,14H,2-7H2,1H3. The van der Waals surface area contributed by atoms with E-state index >= 15 is 0 Å². The zero-order valence-corrected chi connectivity index (χ0v) is 10.8. The molecule has 5 nitrogen and oxygen atoms in total. The second kappa shape index (κ2) is 5.02. The molecule has 0 radical (unpaired) electrons. The minimum atomic E-state index is 0.831. The van der Waals surface area contributed by atoms with Gasteiger partial charge in [-0.3, -0.25) is 4.40 Å². The van der Waals surface area contributed by atoms with Crippen LogP contribution in [0.15, 0.2) is 12.4 Å². The molecule has 0 unspecified atom stereocenters. The van der Waals surface area contributed by atoms with E-state index in [2.05, 4.69) is 20.5 Å². The van der Waals surface area contributed by atoms with Crippen LogP contribution in [0.3, 0.4) is 0 Å². The van der Waals surface area contributed by atoms with Gasteiger partial charge in [0, 0.05) is 18.2 Å². The molecule has 1 aliphatic rings. The average Bonchev–Trinajstić information content (AvgIpc) is 2.80. The van der Waals surface area contributed by atoms with Crippen LogP contribution in [0.25, 0.3) is 5.65 Å². The zero-order valence-electron chi connectivity index (χ0n) is 10.8. The third kappa shape index (κ3) is 2.36. The lowest BCUT2D eigenvalue weighted by Crippen LogP contribution is -2.28. The predicted molar refractivity (Wildman–Crippen MR) is 69.4 cm³/mol. The normalized spacial score (nSPS) is 17.4. The van der Waals surface area contributed by atoms with Crippen molar-refractivity contribution in [1.29, 1.82) is 0 Å². The Labute approximate surface area is 107 Å². The molecule has 5 heteroatoms. The summed E-state index contributed by atoms with van der Waals surface area (Å²) >= 11 is 0. The number of fused-ring (bicyclic) bond motifs is 1. The summed E-state index contributed by atoms with van der Waals surface area (Å²) in [7, 11) is 0. The van der Waals surface area contributed by atoms with Gasteiger partial charge in [0.15, 0.2) is 5.65 Å². The Kier molecular flexibility index (Phi) is 3.23. The first-order valence-corrected chi connectivity index (χ1v) is 6.70. The Morgan fingerprint density at radius 1 is 1.33 bits per heavy atom. The lowest BCUT2D eigenvalue weighted by atomic mass is 9.93. The first-order chi connectivity index (χ1) is 8.83. The van der Waals surface area contributed by atoms with Crippen molar-refractivity contribution in [1.82, 2.24) is 24.9 Å². The Balaban J connectivity index is 1.70. The Hall–Kier alpha value is -1.49. The van der Waals surface area contributed by atoms with Gasteiger partial charge < -0.3 is 5.32 Å². The van der Waals surface area contributed by atoms with Gasteiger partial charge in [-0.2, -0.15) is 0 Å². The SMILES string of the molecule is Cc1cc2nnc(CCC3CCNCC3)n2cn1. The number of nitrogens with one attached hydrogen (secondary N) is 1. The van der Waals surface area contributed by atoms with E-state index in [1.807, 2.05) is 23.7 Å². The van der Waals surface area contributed by atoms with Crippen LogP contribution in [0.2, 0.25) is 0 Å². The Bertz CT molecular complexity index is 527. The third-order valence-electron chi connectivity index (χ3n) is 3.74. The molecule has 18 heavy (non-hydrogen) atoms. The highest BCUT2D eigenvalue weighted by Crippen LogP contribution is 2.18. The molecule has 2 aromatic heterocycles. The molecule has 0 aromatic carbocycles. The molecule has 3 heterocycles. The summed E-state index contributed by atoms with van der Waals surface area (Å²) in [6.07, 6.45) is 6.61. The number of hydrogen-bond donors (Lipinski definition) is 1. The fraction of sp³-hybridized carbons (Fsp3) is 0.615. The van der Waals surface area contributed by atoms with E-state index in [9.17, 15) is 0 Å². The van der Waals surface area contributed by atoms with Crippen LogP contribution < -0.4 is 5.32 Å². The maximum atomic E-state index is 4.31. The van der Waals surface area contributed by atoms with E-state index in [-0.39, 0.29) is 0 Å². The van der Waals surface area contributed by atoms with Crippen molar-refractivity contribution in [2.75, 3.05) is 13.1 Å². The maximum absolute atomic E-state index is 4.31. The molecule has 0 bridgehead atoms. The van der Waals surface area contributed by atoms with Gasteiger partial charge in [-0.15, -0.1) is 10.2 Å². The quantitative estimate of drug-likeness (QED) is 0.887. The molecule has 0 atom stereocenters. The van der Waals surface area contributed by atoms with Gasteiger partial charge in [-0.05, 0) is 45.2 Å². The van der Waals surface area contributed by atoms with Gasteiger partial charge in [0.2, 0.25) is 0 Å². The highest BCUT2D eigenvalue weighted by molar-refractivity contribution is 5.37. The zero-order chi connectivity index (χ0) is 12.4. The van der Waals surface area contributed by atoms with Crippen molar-refractivity contribution in [3.05, 3.63) is 23.9 Å². The van der Waals surface area contributed by atoms with Gasteiger partial charge in [0.1, 0.15) is 12.2 Å². The fourth-order valence-corrected chi connectivity index (χ4v) is 2.61. The summed E-state index contributed by atoms with van der Waals surface area (Å²) in [5.41, 5.74) is 1.89. The molecule has 2 aromatic rings. The molecular formula is C13H19N5. The first-order valence-electron chi connectivity index (χ1n) is 6.70. The minimum Gasteiger partial charge on any atom is -0.317 e. The van der Waals surface area contributed by atoms with Crippen LogP contribution in [0.1, 0.15) is 30.8 Å². The van der Waals surface area contributed by atoms with Gasteiger partial charge >= 0.3 is 0 Å². The minimum absolute atomic E-state index is 0.831. The monoisotopic (exact) mass is 245 g/mol. The molecule has 1 fully saturated rings. The second-order valence-corrected chi connectivity index (χ2v) is 5.11. The Morgan fingerprint density at radius 3 is 3.00 bits per heavy atom. The fourth-order valence-electron chi connectivity index (χ4n) is 2.61. The van der Waals surface area contributed by atoms with Crippen LogP contribution in [0.4, 0.5) is 0 Å². The van der Waals surface area contributed by atoms with Crippen molar-refractivity contribution >= 4 is 5.65 Å². The number of aromatic nitrogens is 4. The number of aryl methyl sites for hydroxylation is 2. The van der Waals surface area contributed by atoms with E-state index in [1.165, 1.54) is 19.3 Å². The number of hydrogen-bond acceptors (Lipinski definition) is 4. The molecule has 0 spiro atoms. The molecule has 1 saturated heterocycles. The Morgan fingerprint density at radius 2 is 2.17 bits per heavy atom. The topological polar surface area (TPSA) is 55.1 Å². The van der Waals surface area contributed by atoms with Crippen LogP contribution >= 0.6 is 0 Å². The van der Waals surface area contributed by atoms with E-state index in [4.69, 9.17) is 0 Å². The number of rotatable bonds is 3. The van der Waals surface area contributed by atoms with Crippen molar-refractivity contribution < 1.29 is 0 Å². The van der Waals surface area contributed by atoms with Crippen LogP contribution in [0.5, 0.6) is 0 Å². The summed E-state index contributed by atoms with van der Waals surface area (Å²) in [4.78, 5) is 4.31. The molecular weight excluding hydrogens is 226 g/mol. The average molecular weight is 245 g/mol. The summed E-state index contributed by atoms with van der Waals surface area (Å²) in [5.74, 6) is 1.87. The van der Waals surface area contributed by atoms with Crippen LogP contribution in [0, 0.1) is 12.8 Å². The highest BCUT2D eigenvalue weighted by atomic mass is 15.3.